The van der Waals surface area contributed by atoms with Gasteiger partial charge in [-0.2, -0.15) is 0 Å². The number of hydrogen-bond donors (Lipinski definition) is 2. The fourth-order valence-electron chi connectivity index (χ4n) is 1.63. The van der Waals surface area contributed by atoms with E-state index >= 15 is 0 Å². The van der Waals surface area contributed by atoms with Crippen molar-refractivity contribution in [2.24, 2.45) is 0 Å². The molecule has 4 nitrogen and oxygen atoms in total. The molecule has 0 fully saturated rings. The largest absolute Gasteiger partial charge is 0.457 e. The van der Waals surface area contributed by atoms with Gasteiger partial charge in [0.05, 0.1) is 5.56 Å². The van der Waals surface area contributed by atoms with Crippen LogP contribution in [0, 0.1) is 5.82 Å². The van der Waals surface area contributed by atoms with Gasteiger partial charge in [-0.3, -0.25) is 0 Å². The van der Waals surface area contributed by atoms with Crippen LogP contribution in [-0.2, 0) is 11.3 Å². The molecule has 0 heterocycles. The van der Waals surface area contributed by atoms with E-state index < -0.39 is 11.8 Å². The SMILES string of the molecule is Nc1ccc(C(=O)OCc2ccc(Br)cc2F)c(N)c1. The van der Waals surface area contributed by atoms with Gasteiger partial charge in [0.1, 0.15) is 12.4 Å². The van der Waals surface area contributed by atoms with Crippen LogP contribution in [0.15, 0.2) is 40.9 Å². The summed E-state index contributed by atoms with van der Waals surface area (Å²) in [6.45, 7) is -0.165. The van der Waals surface area contributed by atoms with Crippen molar-refractivity contribution in [1.82, 2.24) is 0 Å². The van der Waals surface area contributed by atoms with E-state index in [2.05, 4.69) is 15.9 Å². The highest BCUT2D eigenvalue weighted by Gasteiger charge is 2.12. The molecule has 0 aliphatic heterocycles. The number of carbonyl (C=O) groups is 1. The number of nitrogens with two attached hydrogens (primary N) is 2. The molecule has 0 spiro atoms. The van der Waals surface area contributed by atoms with Crippen LogP contribution < -0.4 is 11.5 Å². The summed E-state index contributed by atoms with van der Waals surface area (Å²) in [5.74, 6) is -1.07. The van der Waals surface area contributed by atoms with Crippen LogP contribution in [0.1, 0.15) is 15.9 Å². The number of hydrogen-bond acceptors (Lipinski definition) is 4. The molecule has 2 aromatic carbocycles. The van der Waals surface area contributed by atoms with Gasteiger partial charge in [0.25, 0.3) is 0 Å². The van der Waals surface area contributed by atoms with Crippen molar-refractivity contribution in [2.75, 3.05) is 11.5 Å². The van der Waals surface area contributed by atoms with Crippen molar-refractivity contribution in [1.29, 1.82) is 0 Å². The predicted molar refractivity (Wildman–Crippen MR) is 78.5 cm³/mol. The highest BCUT2D eigenvalue weighted by atomic mass is 79.9. The molecule has 104 valence electrons. The second-order valence-corrected chi connectivity index (χ2v) is 5.07. The Morgan fingerprint density at radius 2 is 1.95 bits per heavy atom. The zero-order valence-electron chi connectivity index (χ0n) is 10.4. The Morgan fingerprint density at radius 3 is 2.60 bits per heavy atom. The standard InChI is InChI=1S/C14H12BrFN2O2/c15-9-2-1-8(12(16)5-9)7-20-14(19)11-4-3-10(17)6-13(11)18/h1-6H,7,17-18H2. The van der Waals surface area contributed by atoms with Gasteiger partial charge in [-0.25, -0.2) is 9.18 Å². The summed E-state index contributed by atoms with van der Waals surface area (Å²) in [5, 5.41) is 0. The van der Waals surface area contributed by atoms with E-state index in [4.69, 9.17) is 16.2 Å². The van der Waals surface area contributed by atoms with Crippen LogP contribution in [0.3, 0.4) is 0 Å². The predicted octanol–water partition coefficient (Wildman–Crippen LogP) is 3.11. The lowest BCUT2D eigenvalue weighted by molar-refractivity contribution is 0.0470. The van der Waals surface area contributed by atoms with Gasteiger partial charge >= 0.3 is 5.97 Å². The van der Waals surface area contributed by atoms with Crippen LogP contribution in [0.4, 0.5) is 15.8 Å². The van der Waals surface area contributed by atoms with Crippen LogP contribution in [0.2, 0.25) is 0 Å². The molecule has 0 aromatic heterocycles. The van der Waals surface area contributed by atoms with E-state index in [-0.39, 0.29) is 23.4 Å². The van der Waals surface area contributed by atoms with Crippen molar-refractivity contribution in [2.45, 2.75) is 6.61 Å². The van der Waals surface area contributed by atoms with Crippen LogP contribution >= 0.6 is 15.9 Å². The van der Waals surface area contributed by atoms with Crippen molar-refractivity contribution < 1.29 is 13.9 Å². The smallest absolute Gasteiger partial charge is 0.340 e. The van der Waals surface area contributed by atoms with Gasteiger partial charge < -0.3 is 16.2 Å². The average Bonchev–Trinajstić information content (AvgIpc) is 2.37. The van der Waals surface area contributed by atoms with Gasteiger partial charge in [-0.05, 0) is 30.3 Å². The molecule has 0 radical (unpaired) electrons. The monoisotopic (exact) mass is 338 g/mol. The Morgan fingerprint density at radius 1 is 1.20 bits per heavy atom. The maximum Gasteiger partial charge on any atom is 0.340 e. The first-order valence-electron chi connectivity index (χ1n) is 5.73. The third-order valence-electron chi connectivity index (χ3n) is 2.67. The average molecular weight is 339 g/mol. The molecular weight excluding hydrogens is 327 g/mol. The van der Waals surface area contributed by atoms with E-state index in [9.17, 15) is 9.18 Å². The molecule has 0 atom stereocenters. The van der Waals surface area contributed by atoms with Gasteiger partial charge in [-0.1, -0.05) is 22.0 Å². The molecule has 0 amide bonds. The molecule has 0 aliphatic carbocycles. The van der Waals surface area contributed by atoms with Gasteiger partial charge in [0.2, 0.25) is 0 Å². The lowest BCUT2D eigenvalue weighted by atomic mass is 10.1. The third-order valence-corrected chi connectivity index (χ3v) is 3.16. The Kier molecular flexibility index (Phi) is 4.24. The number of esters is 1. The quantitative estimate of drug-likeness (QED) is 0.665. The summed E-state index contributed by atoms with van der Waals surface area (Å²) >= 11 is 3.15. The summed E-state index contributed by atoms with van der Waals surface area (Å²) in [6, 6.07) is 9.01. The van der Waals surface area contributed by atoms with E-state index in [1.54, 1.807) is 18.2 Å². The van der Waals surface area contributed by atoms with Crippen molar-refractivity contribution in [3.8, 4) is 0 Å². The van der Waals surface area contributed by atoms with Gasteiger partial charge in [0, 0.05) is 21.4 Å². The molecule has 0 saturated carbocycles. The molecule has 0 unspecified atom stereocenters. The number of ether oxygens (including phenoxy) is 1. The molecule has 20 heavy (non-hydrogen) atoms. The van der Waals surface area contributed by atoms with Crippen molar-refractivity contribution in [3.05, 3.63) is 57.8 Å². The van der Waals surface area contributed by atoms with Crippen LogP contribution in [0.5, 0.6) is 0 Å². The fourth-order valence-corrected chi connectivity index (χ4v) is 1.96. The summed E-state index contributed by atoms with van der Waals surface area (Å²) in [6.07, 6.45) is 0. The lowest BCUT2D eigenvalue weighted by Crippen LogP contribution is -2.09. The Bertz CT molecular complexity index is 662. The third kappa shape index (κ3) is 3.27. The maximum atomic E-state index is 13.6. The molecule has 4 N–H and O–H groups in total. The molecule has 6 heteroatoms. The lowest BCUT2D eigenvalue weighted by Gasteiger charge is -2.08. The molecule has 0 aliphatic rings. The van der Waals surface area contributed by atoms with Crippen LogP contribution in [-0.4, -0.2) is 5.97 Å². The zero-order chi connectivity index (χ0) is 14.7. The van der Waals surface area contributed by atoms with Gasteiger partial charge in [0.15, 0.2) is 0 Å². The highest BCUT2D eigenvalue weighted by molar-refractivity contribution is 9.10. The first-order valence-corrected chi connectivity index (χ1v) is 6.52. The van der Waals surface area contributed by atoms with Crippen molar-refractivity contribution >= 4 is 33.3 Å². The molecule has 2 aromatic rings. The normalized spacial score (nSPS) is 10.3. The fraction of sp³-hybridized carbons (Fsp3) is 0.0714. The Balaban J connectivity index is 2.08. The zero-order valence-corrected chi connectivity index (χ0v) is 12.0. The minimum atomic E-state index is -0.621. The number of benzene rings is 2. The van der Waals surface area contributed by atoms with Gasteiger partial charge in [-0.15, -0.1) is 0 Å². The number of carbonyl (C=O) groups excluding carboxylic acids is 1. The first-order chi connectivity index (χ1) is 9.47. The first kappa shape index (κ1) is 14.3. The number of nitrogen functional groups attached to an aromatic ring is 2. The number of halogens is 2. The highest BCUT2D eigenvalue weighted by Crippen LogP contribution is 2.19. The molecule has 2 rings (SSSR count). The van der Waals surface area contributed by atoms with E-state index in [1.165, 1.54) is 18.2 Å². The van der Waals surface area contributed by atoms with E-state index in [0.717, 1.165) is 0 Å². The Labute approximate surface area is 123 Å². The number of rotatable bonds is 3. The molecule has 0 saturated heterocycles. The Hall–Kier alpha value is -2.08. The second kappa shape index (κ2) is 5.92. The second-order valence-electron chi connectivity index (χ2n) is 4.16. The summed E-state index contributed by atoms with van der Waals surface area (Å²) in [5.41, 5.74) is 12.4. The minimum Gasteiger partial charge on any atom is -0.457 e. The van der Waals surface area contributed by atoms with E-state index in [0.29, 0.717) is 10.2 Å². The minimum absolute atomic E-state index is 0.165. The summed E-state index contributed by atoms with van der Waals surface area (Å²) in [7, 11) is 0. The summed E-state index contributed by atoms with van der Waals surface area (Å²) in [4.78, 5) is 11.9. The van der Waals surface area contributed by atoms with Crippen molar-refractivity contribution in [3.63, 3.8) is 0 Å². The topological polar surface area (TPSA) is 78.3 Å². The van der Waals surface area contributed by atoms with Crippen LogP contribution in [0.25, 0.3) is 0 Å². The molecular formula is C14H12BrFN2O2. The van der Waals surface area contributed by atoms with E-state index in [1.807, 2.05) is 0 Å². The maximum absolute atomic E-state index is 13.6. The number of anilines is 2. The molecule has 0 bridgehead atoms. The summed E-state index contributed by atoms with van der Waals surface area (Å²) < 4.78 is 19.2.